The number of morpholine rings is 1. The number of hydrogen-bond acceptors (Lipinski definition) is 37. The van der Waals surface area contributed by atoms with Gasteiger partial charge in [-0.25, -0.2) is 62.3 Å². The van der Waals surface area contributed by atoms with E-state index < -0.39 is 132 Å². The highest BCUT2D eigenvalue weighted by Gasteiger charge is 2.33. The van der Waals surface area contributed by atoms with E-state index in [4.69, 9.17) is 56.8 Å². The number of hydrogen-bond donors (Lipinski definition) is 0. The lowest BCUT2D eigenvalue weighted by molar-refractivity contribution is -0.167. The van der Waals surface area contributed by atoms with Gasteiger partial charge in [-0.05, 0) is 142 Å². The minimum Gasteiger partial charge on any atom is -0.463 e. The van der Waals surface area contributed by atoms with Gasteiger partial charge in [0.2, 0.25) is 6.79 Å². The number of aryl methyl sites for hydroxylation is 1. The third-order valence-electron chi connectivity index (χ3n) is 18.0. The lowest BCUT2D eigenvalue weighted by Crippen LogP contribution is -2.36. The van der Waals surface area contributed by atoms with Crippen LogP contribution < -0.4 is 10.6 Å². The molecule has 126 heavy (non-hydrogen) atoms. The molecular formula is C89H105NO36. The smallest absolute Gasteiger partial charge is 0.463 e. The van der Waals surface area contributed by atoms with E-state index in [1.165, 1.54) is 6.92 Å². The minimum absolute atomic E-state index is 0.0559. The van der Waals surface area contributed by atoms with Crippen molar-refractivity contribution in [1.29, 1.82) is 0 Å². The number of Topliss-reactive ketones (excluding diaryl/α,β-unsaturated/α-hetero) is 6. The summed E-state index contributed by atoms with van der Waals surface area (Å²) in [6.07, 6.45) is 19.3. The van der Waals surface area contributed by atoms with Crippen molar-refractivity contribution in [1.82, 2.24) is 4.90 Å². The first-order valence-corrected chi connectivity index (χ1v) is 40.8. The number of unbranched alkanes of at least 4 members (excludes halogenated alkanes) is 1. The fourth-order valence-corrected chi connectivity index (χ4v) is 11.6. The molecule has 0 spiro atoms. The molecular weight excluding hydrogens is 1660 g/mol. The van der Waals surface area contributed by atoms with Crippen LogP contribution in [0.1, 0.15) is 180 Å². The van der Waals surface area contributed by atoms with Gasteiger partial charge in [-0.15, -0.1) is 0 Å². The van der Waals surface area contributed by atoms with Gasteiger partial charge in [0.15, 0.2) is 89.5 Å². The first-order valence-electron chi connectivity index (χ1n) is 40.8. The van der Waals surface area contributed by atoms with Crippen LogP contribution >= 0.6 is 0 Å². The Labute approximate surface area is 725 Å². The fourth-order valence-electron chi connectivity index (χ4n) is 11.6. The van der Waals surface area contributed by atoms with Gasteiger partial charge in [0.05, 0.1) is 25.7 Å². The molecule has 6 unspecified atom stereocenters. The average molecular weight is 1760 g/mol. The SMILES string of the molecule is CC(C)(C)OC(=O)/C=C/C(=O)OC1CCCC1=O.CC(C)C(=O)OCOC(=O)/C=C/C(=O)OC1CCCC1=O.Cc1oc(=O)oc1COC(=O)/C=C/C(=O)OC1CCCC1=O.O=C(/C=C/C(=O)OC1CCCC1=O)OCCCCN1CCOCC1.O=C(/C=C/C(=O)OC1CCCC1=O)OCc1ccccc1.O=C(/C=C/C(=O)OC1CCCC1=O)Oc1ccccc1. The van der Waals surface area contributed by atoms with Gasteiger partial charge in [-0.2, -0.15) is 0 Å². The third kappa shape index (κ3) is 44.3. The number of nitrogens with zero attached hydrogens (tertiary/aromatic N) is 1. The second kappa shape index (κ2) is 56.7. The lowest BCUT2D eigenvalue weighted by atomic mass is 10.2. The summed E-state index contributed by atoms with van der Waals surface area (Å²) in [6.45, 7) is 14.0. The van der Waals surface area contributed by atoms with Gasteiger partial charge in [-0.3, -0.25) is 38.5 Å². The predicted molar refractivity (Wildman–Crippen MR) is 433 cm³/mol. The van der Waals surface area contributed by atoms with E-state index in [0.29, 0.717) is 102 Å². The lowest BCUT2D eigenvalue weighted by Gasteiger charge is -2.26. The summed E-state index contributed by atoms with van der Waals surface area (Å²) >= 11 is 0. The van der Waals surface area contributed by atoms with Gasteiger partial charge in [0.25, 0.3) is 0 Å². The second-order valence-electron chi connectivity index (χ2n) is 29.6. The normalized spacial score (nSPS) is 19.1. The van der Waals surface area contributed by atoms with Crippen molar-refractivity contribution in [3.8, 4) is 5.75 Å². The molecule has 37 nitrogen and oxygen atoms in total. The van der Waals surface area contributed by atoms with E-state index in [1.807, 2.05) is 30.3 Å². The molecule has 7 fully saturated rings. The summed E-state index contributed by atoms with van der Waals surface area (Å²) < 4.78 is 78.0. The Morgan fingerprint density at radius 1 is 0.397 bits per heavy atom. The van der Waals surface area contributed by atoms with E-state index in [0.717, 1.165) is 150 Å². The number of esters is 13. The number of benzene rings is 2. The molecule has 0 radical (unpaired) electrons. The topological polar surface area (TPSA) is 500 Å². The van der Waals surface area contributed by atoms with Crippen molar-refractivity contribution in [2.24, 2.45) is 5.92 Å². The first-order chi connectivity index (χ1) is 60.1. The highest BCUT2D eigenvalue weighted by atomic mass is 16.7. The highest BCUT2D eigenvalue weighted by Crippen LogP contribution is 2.24. The number of ether oxygens (including phenoxy) is 14. The molecule has 1 aromatic heterocycles. The van der Waals surface area contributed by atoms with E-state index in [9.17, 15) is 95.9 Å². The Balaban J connectivity index is 0.000000269. The molecule has 10 rings (SSSR count). The van der Waals surface area contributed by atoms with E-state index in [2.05, 4.69) is 23.2 Å². The molecule has 1 aliphatic heterocycles. The Kier molecular flexibility index (Phi) is 46.5. The highest BCUT2D eigenvalue weighted by molar-refractivity contribution is 5.99. The predicted octanol–water partition coefficient (Wildman–Crippen LogP) is 7.89. The molecule has 6 saturated carbocycles. The number of carbonyl (C=O) groups is 19. The van der Waals surface area contributed by atoms with Gasteiger partial charge in [0, 0.05) is 125 Å². The Morgan fingerprint density at radius 2 is 0.730 bits per heavy atom. The third-order valence-corrected chi connectivity index (χ3v) is 18.0. The molecule has 3 aromatic rings. The summed E-state index contributed by atoms with van der Waals surface area (Å²) in [5.41, 5.74) is 0.255. The minimum atomic E-state index is -0.885. The maximum atomic E-state index is 11.5. The maximum absolute atomic E-state index is 11.5. The molecule has 0 N–H and O–H groups in total. The Morgan fingerprint density at radius 3 is 1.07 bits per heavy atom. The van der Waals surface area contributed by atoms with Crippen LogP contribution in [0.15, 0.2) is 147 Å². The molecule has 37 heteroatoms. The molecule has 0 bridgehead atoms. The number of rotatable bonds is 31. The van der Waals surface area contributed by atoms with E-state index >= 15 is 0 Å². The van der Waals surface area contributed by atoms with Crippen LogP contribution in [-0.4, -0.2) is 206 Å². The van der Waals surface area contributed by atoms with Crippen LogP contribution in [0.4, 0.5) is 0 Å². The average Bonchev–Trinajstić information content (AvgIpc) is 1.74. The first kappa shape index (κ1) is 103. The van der Waals surface area contributed by atoms with Gasteiger partial charge >= 0.3 is 83.4 Å². The van der Waals surface area contributed by atoms with E-state index in [-0.39, 0.29) is 65.4 Å². The van der Waals surface area contributed by atoms with Crippen molar-refractivity contribution >= 4 is 112 Å². The van der Waals surface area contributed by atoms with Gasteiger partial charge in [-0.1, -0.05) is 62.4 Å². The van der Waals surface area contributed by atoms with Gasteiger partial charge in [0.1, 0.15) is 18.0 Å². The number of carbonyl (C=O) groups excluding carboxylic acids is 19. The fraction of sp³-hybridized carbons (Fsp3) is 0.483. The van der Waals surface area contributed by atoms with Crippen LogP contribution in [0, 0.1) is 12.8 Å². The second-order valence-corrected chi connectivity index (χ2v) is 29.6. The summed E-state index contributed by atoms with van der Waals surface area (Å²) in [5, 5.41) is 0. The molecule has 7 aliphatic rings. The van der Waals surface area contributed by atoms with Crippen molar-refractivity contribution in [3.05, 3.63) is 161 Å². The van der Waals surface area contributed by atoms with Crippen molar-refractivity contribution < 1.29 is 166 Å². The zero-order chi connectivity index (χ0) is 92.4. The molecule has 1 saturated heterocycles. The van der Waals surface area contributed by atoms with Crippen LogP contribution in [-0.2, 0) is 166 Å². The molecule has 6 atom stereocenters. The summed E-state index contributed by atoms with van der Waals surface area (Å²) in [5.74, 6) is -10.0. The Bertz CT molecular complexity index is 4480. The van der Waals surface area contributed by atoms with Gasteiger partial charge < -0.3 is 75.2 Å². The Hall–Kier alpha value is -13.1. The maximum Gasteiger partial charge on any atom is 0.519 e. The zero-order valence-electron chi connectivity index (χ0n) is 70.9. The number of ketones is 6. The standard InChI is InChI=1S/C17H25NO6.C16H16O5.C15H14O5.C14H14O8.C14H18O7.C13H18O5/c19-14-4-3-5-15(14)24-17(21)7-6-16(20)23-11-2-1-8-18-9-12-22-13-10-18;17-13-7-4-8-14(13)21-16(19)10-9-15(18)20-11-12-5-2-1-3-6-12;16-12-7-4-8-13(12)20-15(18)10-9-14(17)19-11-5-2-1-3-6-11;1-8-11(22-14(18)20-8)7-19-12(16)5-6-13(17)21-10-4-2-3-9(10)15;1-9(2)14(18)20-8-19-12(16)6-7-13(17)21-11-5-3-4-10(11)15;1-13(2,3)18-12(16)8-7-11(15)17-10-6-4-5-9(10)14/h6-7,15H,1-5,8-13H2;1-3,5-6,9-10,14H,4,7-8,11H2;1-3,5-6,9-10,13H,4,7-8H2;5-6,10H,2-4,7H2,1H3;6-7,9,11H,3-5,8H2,1-2H3;7-8,10H,4-6H2,1-3H3/b7-6+;2*10-9+;6-5+;7-6+;8-7+. The van der Waals surface area contributed by atoms with E-state index in [1.54, 1.807) is 65.0 Å². The van der Waals surface area contributed by atoms with Crippen LogP contribution in [0.25, 0.3) is 0 Å². The monoisotopic (exact) mass is 1760 g/mol. The largest absolute Gasteiger partial charge is 0.519 e. The van der Waals surface area contributed by atoms with Crippen molar-refractivity contribution in [2.45, 2.75) is 225 Å². The molecule has 6 aliphatic carbocycles. The van der Waals surface area contributed by atoms with Crippen molar-refractivity contribution in [2.75, 3.05) is 46.2 Å². The quantitative estimate of drug-likeness (QED) is 0.0147. The summed E-state index contributed by atoms with van der Waals surface area (Å²) in [4.78, 5) is 229. The molecule has 0 amide bonds. The van der Waals surface area contributed by atoms with Crippen LogP contribution in [0.5, 0.6) is 5.75 Å². The van der Waals surface area contributed by atoms with Crippen LogP contribution in [0.2, 0.25) is 0 Å². The molecule has 682 valence electrons. The van der Waals surface area contributed by atoms with Crippen molar-refractivity contribution in [3.63, 3.8) is 0 Å². The summed E-state index contributed by atoms with van der Waals surface area (Å²) in [6, 6.07) is 17.7. The van der Waals surface area contributed by atoms with Crippen LogP contribution in [0.3, 0.4) is 0 Å². The molecule has 2 aromatic carbocycles. The number of para-hydroxylation sites is 1. The summed E-state index contributed by atoms with van der Waals surface area (Å²) in [7, 11) is 0. The molecule has 2 heterocycles. The zero-order valence-corrected chi connectivity index (χ0v) is 70.9.